The molecule has 0 amide bonds. The van der Waals surface area contributed by atoms with Gasteiger partial charge in [-0.05, 0) is 42.7 Å². The molecule has 0 radical (unpaired) electrons. The largest absolute Gasteiger partial charge is 0.299 e. The molecule has 0 unspecified atom stereocenters. The summed E-state index contributed by atoms with van der Waals surface area (Å²) in [6.07, 6.45) is 2.18. The van der Waals surface area contributed by atoms with E-state index in [4.69, 9.17) is 11.6 Å². The van der Waals surface area contributed by atoms with Gasteiger partial charge in [-0.1, -0.05) is 47.6 Å². The van der Waals surface area contributed by atoms with Crippen LogP contribution in [-0.2, 0) is 5.75 Å². The van der Waals surface area contributed by atoms with Crippen LogP contribution >= 0.6 is 23.4 Å². The second-order valence-electron chi connectivity index (χ2n) is 5.81. The molecule has 24 heavy (non-hydrogen) atoms. The average molecular weight is 360 g/mol. The molecule has 1 aromatic heterocycles. The molecule has 0 saturated heterocycles. The molecule has 4 rings (SSSR count). The van der Waals surface area contributed by atoms with E-state index in [0.717, 1.165) is 34.3 Å². The van der Waals surface area contributed by atoms with Gasteiger partial charge in [0, 0.05) is 16.8 Å². The van der Waals surface area contributed by atoms with Crippen molar-refractivity contribution in [2.24, 2.45) is 0 Å². The van der Waals surface area contributed by atoms with Crippen LogP contribution in [0.15, 0.2) is 53.7 Å². The van der Waals surface area contributed by atoms with Crippen molar-refractivity contribution in [3.63, 3.8) is 0 Å². The van der Waals surface area contributed by atoms with Crippen LogP contribution in [0.1, 0.15) is 24.4 Å². The van der Waals surface area contributed by atoms with E-state index in [1.165, 1.54) is 6.07 Å². The van der Waals surface area contributed by atoms with Gasteiger partial charge in [-0.3, -0.25) is 4.57 Å². The Balaban J connectivity index is 1.64. The molecule has 1 fully saturated rings. The second-order valence-corrected chi connectivity index (χ2v) is 7.18. The van der Waals surface area contributed by atoms with Crippen molar-refractivity contribution < 1.29 is 4.39 Å². The van der Waals surface area contributed by atoms with Gasteiger partial charge in [0.1, 0.15) is 5.82 Å². The standard InChI is InChI=1S/C18H15ClFN3S/c19-13-5-3-4-12(10-13)11-24-18-22-21-17(23(18)14-8-9-14)15-6-1-2-7-16(15)20/h1-7,10,14H,8-9,11H2. The van der Waals surface area contributed by atoms with Gasteiger partial charge in [-0.2, -0.15) is 0 Å². The molecule has 3 nitrogen and oxygen atoms in total. The normalized spacial score (nSPS) is 14.1. The lowest BCUT2D eigenvalue weighted by atomic mass is 10.2. The fourth-order valence-electron chi connectivity index (χ4n) is 2.64. The monoisotopic (exact) mass is 359 g/mol. The molecule has 2 aromatic carbocycles. The van der Waals surface area contributed by atoms with Crippen LogP contribution in [0, 0.1) is 5.82 Å². The predicted molar refractivity (Wildman–Crippen MR) is 94.7 cm³/mol. The topological polar surface area (TPSA) is 30.7 Å². The summed E-state index contributed by atoms with van der Waals surface area (Å²) in [6, 6.07) is 14.9. The predicted octanol–water partition coefficient (Wildman–Crippen LogP) is 5.36. The van der Waals surface area contributed by atoms with Gasteiger partial charge in [0.25, 0.3) is 0 Å². The second kappa shape index (κ2) is 6.57. The minimum Gasteiger partial charge on any atom is -0.299 e. The summed E-state index contributed by atoms with van der Waals surface area (Å²) in [5.74, 6) is 1.10. The van der Waals surface area contributed by atoms with E-state index in [-0.39, 0.29) is 5.82 Å². The first-order valence-corrected chi connectivity index (χ1v) is 9.16. The average Bonchev–Trinajstić information content (AvgIpc) is 3.33. The minimum absolute atomic E-state index is 0.266. The van der Waals surface area contributed by atoms with Crippen LogP contribution in [-0.4, -0.2) is 14.8 Å². The Bertz CT molecular complexity index is 876. The molecule has 1 aliphatic carbocycles. The summed E-state index contributed by atoms with van der Waals surface area (Å²) in [6.45, 7) is 0. The molecule has 0 bridgehead atoms. The van der Waals surface area contributed by atoms with Crippen LogP contribution in [0.3, 0.4) is 0 Å². The zero-order valence-corrected chi connectivity index (χ0v) is 14.4. The molecular formula is C18H15ClFN3S. The molecule has 0 spiro atoms. The zero-order chi connectivity index (χ0) is 16.5. The van der Waals surface area contributed by atoms with Crippen molar-refractivity contribution in [2.45, 2.75) is 29.8 Å². The fourth-order valence-corrected chi connectivity index (χ4v) is 3.80. The first-order chi connectivity index (χ1) is 11.7. The maximum Gasteiger partial charge on any atom is 0.192 e. The highest BCUT2D eigenvalue weighted by molar-refractivity contribution is 7.98. The molecule has 1 aliphatic rings. The van der Waals surface area contributed by atoms with E-state index in [0.29, 0.717) is 17.4 Å². The lowest BCUT2D eigenvalue weighted by molar-refractivity contribution is 0.622. The number of aromatic nitrogens is 3. The molecule has 1 heterocycles. The third kappa shape index (κ3) is 3.19. The highest BCUT2D eigenvalue weighted by Crippen LogP contribution is 2.41. The molecule has 0 atom stereocenters. The van der Waals surface area contributed by atoms with Crippen molar-refractivity contribution >= 4 is 23.4 Å². The van der Waals surface area contributed by atoms with E-state index in [1.54, 1.807) is 23.9 Å². The van der Waals surface area contributed by atoms with Crippen molar-refractivity contribution in [1.82, 2.24) is 14.8 Å². The summed E-state index contributed by atoms with van der Waals surface area (Å²) in [4.78, 5) is 0. The Labute approximate surface area is 148 Å². The van der Waals surface area contributed by atoms with Gasteiger partial charge in [-0.15, -0.1) is 10.2 Å². The molecular weight excluding hydrogens is 345 g/mol. The van der Waals surface area contributed by atoms with Gasteiger partial charge >= 0.3 is 0 Å². The number of hydrogen-bond donors (Lipinski definition) is 0. The number of rotatable bonds is 5. The van der Waals surface area contributed by atoms with Crippen molar-refractivity contribution in [3.8, 4) is 11.4 Å². The third-order valence-electron chi connectivity index (χ3n) is 3.95. The number of benzene rings is 2. The van der Waals surface area contributed by atoms with E-state index >= 15 is 0 Å². The Morgan fingerprint density at radius 1 is 1.12 bits per heavy atom. The van der Waals surface area contributed by atoms with Crippen LogP contribution in [0.2, 0.25) is 5.02 Å². The van der Waals surface area contributed by atoms with E-state index in [9.17, 15) is 4.39 Å². The Kier molecular flexibility index (Phi) is 4.29. The van der Waals surface area contributed by atoms with Crippen LogP contribution in [0.25, 0.3) is 11.4 Å². The van der Waals surface area contributed by atoms with Crippen molar-refractivity contribution in [3.05, 3.63) is 64.9 Å². The summed E-state index contributed by atoms with van der Waals surface area (Å²) < 4.78 is 16.2. The van der Waals surface area contributed by atoms with Gasteiger partial charge in [-0.25, -0.2) is 4.39 Å². The summed E-state index contributed by atoms with van der Waals surface area (Å²) in [7, 11) is 0. The van der Waals surface area contributed by atoms with Crippen LogP contribution < -0.4 is 0 Å². The number of halogens is 2. The lowest BCUT2D eigenvalue weighted by Crippen LogP contribution is -2.01. The quantitative estimate of drug-likeness (QED) is 0.574. The van der Waals surface area contributed by atoms with Crippen LogP contribution in [0.4, 0.5) is 4.39 Å². The summed E-state index contributed by atoms with van der Waals surface area (Å²) >= 11 is 7.64. The van der Waals surface area contributed by atoms with Crippen molar-refractivity contribution in [1.29, 1.82) is 0 Å². The van der Waals surface area contributed by atoms with Gasteiger partial charge < -0.3 is 0 Å². The molecule has 0 aliphatic heterocycles. The zero-order valence-electron chi connectivity index (χ0n) is 12.8. The molecule has 3 aromatic rings. The van der Waals surface area contributed by atoms with Crippen LogP contribution in [0.5, 0.6) is 0 Å². The van der Waals surface area contributed by atoms with E-state index in [2.05, 4.69) is 14.8 Å². The first-order valence-electron chi connectivity index (χ1n) is 7.79. The van der Waals surface area contributed by atoms with Crippen molar-refractivity contribution in [2.75, 3.05) is 0 Å². The number of hydrogen-bond acceptors (Lipinski definition) is 3. The first kappa shape index (κ1) is 15.7. The highest BCUT2D eigenvalue weighted by Gasteiger charge is 2.30. The van der Waals surface area contributed by atoms with Gasteiger partial charge in [0.2, 0.25) is 0 Å². The molecule has 1 saturated carbocycles. The number of nitrogens with zero attached hydrogens (tertiary/aromatic N) is 3. The third-order valence-corrected chi connectivity index (χ3v) is 5.20. The fraction of sp³-hybridized carbons (Fsp3) is 0.222. The maximum absolute atomic E-state index is 14.1. The lowest BCUT2D eigenvalue weighted by Gasteiger charge is -2.09. The summed E-state index contributed by atoms with van der Waals surface area (Å²) in [5.41, 5.74) is 1.64. The van der Waals surface area contributed by atoms with Gasteiger partial charge in [0.05, 0.1) is 5.56 Å². The smallest absolute Gasteiger partial charge is 0.192 e. The Hall–Kier alpha value is -1.85. The van der Waals surface area contributed by atoms with Gasteiger partial charge in [0.15, 0.2) is 11.0 Å². The van der Waals surface area contributed by atoms with E-state index < -0.39 is 0 Å². The minimum atomic E-state index is -0.266. The number of thioether (sulfide) groups is 1. The van der Waals surface area contributed by atoms with E-state index in [1.807, 2.05) is 30.3 Å². The molecule has 122 valence electrons. The molecule has 0 N–H and O–H groups in total. The maximum atomic E-state index is 14.1. The molecule has 6 heteroatoms. The highest BCUT2D eigenvalue weighted by atomic mass is 35.5. The Morgan fingerprint density at radius 3 is 2.71 bits per heavy atom. The summed E-state index contributed by atoms with van der Waals surface area (Å²) in [5, 5.41) is 10.1. The Morgan fingerprint density at radius 2 is 1.96 bits per heavy atom. The SMILES string of the molecule is Fc1ccccc1-c1nnc(SCc2cccc(Cl)c2)n1C1CC1.